The summed E-state index contributed by atoms with van der Waals surface area (Å²) in [5.74, 6) is 0.723. The molecule has 0 saturated carbocycles. The lowest BCUT2D eigenvalue weighted by Gasteiger charge is -2.34. The zero-order valence-corrected chi connectivity index (χ0v) is 16.9. The van der Waals surface area contributed by atoms with Crippen LogP contribution in [0.15, 0.2) is 6.33 Å². The van der Waals surface area contributed by atoms with Gasteiger partial charge in [-0.1, -0.05) is 6.92 Å². The van der Waals surface area contributed by atoms with E-state index in [0.29, 0.717) is 23.9 Å². The summed E-state index contributed by atoms with van der Waals surface area (Å²) in [4.78, 5) is 18.6. The van der Waals surface area contributed by atoms with Crippen LogP contribution in [0.3, 0.4) is 0 Å². The van der Waals surface area contributed by atoms with Crippen LogP contribution in [0.5, 0.6) is 0 Å². The molecule has 0 radical (unpaired) electrons. The van der Waals surface area contributed by atoms with Crippen molar-refractivity contribution in [3.05, 3.63) is 33.4 Å². The van der Waals surface area contributed by atoms with Crippen LogP contribution in [0.4, 0.5) is 10.2 Å². The van der Waals surface area contributed by atoms with Crippen molar-refractivity contribution in [2.45, 2.75) is 46.6 Å². The van der Waals surface area contributed by atoms with E-state index < -0.39 is 0 Å². The number of halogens is 1. The van der Waals surface area contributed by atoms with Crippen LogP contribution in [0.1, 0.15) is 41.0 Å². The molecule has 2 aromatic rings. The van der Waals surface area contributed by atoms with Crippen LogP contribution < -0.4 is 4.90 Å². The lowest BCUT2D eigenvalue weighted by Crippen LogP contribution is -2.37. The van der Waals surface area contributed by atoms with E-state index in [4.69, 9.17) is 0 Å². The second-order valence-electron chi connectivity index (χ2n) is 7.15. The third-order valence-corrected chi connectivity index (χ3v) is 6.20. The molecule has 3 rings (SSSR count). The summed E-state index contributed by atoms with van der Waals surface area (Å²) in [6.07, 6.45) is 4.32. The molecule has 0 atom stereocenters. The van der Waals surface area contributed by atoms with Crippen molar-refractivity contribution < 1.29 is 4.39 Å². The first-order valence-electron chi connectivity index (χ1n) is 9.33. The Morgan fingerprint density at radius 2 is 2.00 bits per heavy atom. The number of rotatable bonds is 6. The van der Waals surface area contributed by atoms with Crippen LogP contribution in [-0.2, 0) is 13.0 Å². The maximum Gasteiger partial charge on any atom is 0.187 e. The van der Waals surface area contributed by atoms with E-state index in [2.05, 4.69) is 33.7 Å². The van der Waals surface area contributed by atoms with Gasteiger partial charge in [-0.3, -0.25) is 4.90 Å². The Morgan fingerprint density at radius 3 is 2.62 bits per heavy atom. The molecule has 0 aliphatic carbocycles. The zero-order valence-electron chi connectivity index (χ0n) is 16.1. The molecule has 1 aliphatic heterocycles. The van der Waals surface area contributed by atoms with E-state index in [-0.39, 0.29) is 5.82 Å². The lowest BCUT2D eigenvalue weighted by atomic mass is 9.96. The quantitative estimate of drug-likeness (QED) is 0.770. The predicted molar refractivity (Wildman–Crippen MR) is 104 cm³/mol. The Morgan fingerprint density at radius 1 is 1.27 bits per heavy atom. The number of aryl methyl sites for hydroxylation is 3. The molecule has 7 heteroatoms. The van der Waals surface area contributed by atoms with Gasteiger partial charge in [-0.15, -0.1) is 11.3 Å². The van der Waals surface area contributed by atoms with Gasteiger partial charge >= 0.3 is 0 Å². The molecule has 3 heterocycles. The first-order chi connectivity index (χ1) is 12.5. The number of piperidine rings is 1. The Balaban J connectivity index is 1.53. The fraction of sp³-hybridized carbons (Fsp3) is 0.632. The van der Waals surface area contributed by atoms with E-state index in [9.17, 15) is 4.39 Å². The topological polar surface area (TPSA) is 45.2 Å². The lowest BCUT2D eigenvalue weighted by molar-refractivity contribution is 0.180. The van der Waals surface area contributed by atoms with Gasteiger partial charge < -0.3 is 4.90 Å². The molecule has 0 N–H and O–H groups in total. The van der Waals surface area contributed by atoms with Crippen LogP contribution in [0.25, 0.3) is 0 Å². The summed E-state index contributed by atoms with van der Waals surface area (Å²) in [5.41, 5.74) is 1.66. The SMILES string of the molecule is CCc1ncnc(N(C)CC2CCN(Cc3sc(C)nc3C)CC2)c1F. The molecule has 5 nitrogen and oxygen atoms in total. The van der Waals surface area contributed by atoms with Crippen LogP contribution in [0, 0.1) is 25.6 Å². The normalized spacial score (nSPS) is 16.2. The molecule has 2 aromatic heterocycles. The first-order valence-corrected chi connectivity index (χ1v) is 10.1. The largest absolute Gasteiger partial charge is 0.357 e. The molecule has 26 heavy (non-hydrogen) atoms. The van der Waals surface area contributed by atoms with Crippen LogP contribution in [-0.4, -0.2) is 46.5 Å². The minimum Gasteiger partial charge on any atom is -0.357 e. The maximum atomic E-state index is 14.4. The number of likely N-dealkylation sites (tertiary alicyclic amines) is 1. The van der Waals surface area contributed by atoms with Gasteiger partial charge in [-0.25, -0.2) is 19.3 Å². The maximum absolute atomic E-state index is 14.4. The van der Waals surface area contributed by atoms with E-state index in [1.165, 1.54) is 16.9 Å². The molecule has 0 amide bonds. The summed E-state index contributed by atoms with van der Waals surface area (Å²) in [6.45, 7) is 10.1. The molecule has 0 spiro atoms. The standard InChI is InChI=1S/C19H28FN5S/c1-5-16-18(20)19(22-12-21-16)24(4)10-15-6-8-25(9-7-15)11-17-13(2)23-14(3)26-17/h12,15H,5-11H2,1-4H3. The number of thiazole rings is 1. The van der Waals surface area contributed by atoms with Crippen molar-refractivity contribution in [1.82, 2.24) is 19.9 Å². The number of hydrogen-bond acceptors (Lipinski definition) is 6. The van der Waals surface area contributed by atoms with E-state index >= 15 is 0 Å². The van der Waals surface area contributed by atoms with Crippen LogP contribution >= 0.6 is 11.3 Å². The first kappa shape index (κ1) is 19.2. The summed E-state index contributed by atoms with van der Waals surface area (Å²) in [7, 11) is 1.93. The average molecular weight is 378 g/mol. The Labute approximate surface area is 159 Å². The summed E-state index contributed by atoms with van der Waals surface area (Å²) < 4.78 is 14.4. The Bertz CT molecular complexity index is 740. The monoisotopic (exact) mass is 377 g/mol. The molecular formula is C19H28FN5S. The molecule has 0 bridgehead atoms. The minimum absolute atomic E-state index is 0.272. The summed E-state index contributed by atoms with van der Waals surface area (Å²) in [5, 5.41) is 1.15. The molecule has 0 unspecified atom stereocenters. The second kappa shape index (κ2) is 8.39. The second-order valence-corrected chi connectivity index (χ2v) is 8.44. The highest BCUT2D eigenvalue weighted by atomic mass is 32.1. The molecule has 0 aromatic carbocycles. The van der Waals surface area contributed by atoms with Crippen molar-refractivity contribution in [1.29, 1.82) is 0 Å². The van der Waals surface area contributed by atoms with Gasteiger partial charge in [0, 0.05) is 25.0 Å². The van der Waals surface area contributed by atoms with E-state index in [1.807, 2.05) is 18.9 Å². The van der Waals surface area contributed by atoms with Gasteiger partial charge in [0.1, 0.15) is 6.33 Å². The fourth-order valence-corrected chi connectivity index (χ4v) is 4.61. The molecule has 1 aliphatic rings. The summed E-state index contributed by atoms with van der Waals surface area (Å²) in [6, 6.07) is 0. The van der Waals surface area contributed by atoms with Gasteiger partial charge in [0.15, 0.2) is 11.6 Å². The molecule has 142 valence electrons. The number of anilines is 1. The van der Waals surface area contributed by atoms with Crippen molar-refractivity contribution in [3.8, 4) is 0 Å². The zero-order chi connectivity index (χ0) is 18.7. The van der Waals surface area contributed by atoms with E-state index in [1.54, 1.807) is 11.3 Å². The van der Waals surface area contributed by atoms with Gasteiger partial charge in [-0.05, 0) is 52.1 Å². The van der Waals surface area contributed by atoms with Crippen molar-refractivity contribution in [2.75, 3.05) is 31.6 Å². The number of aromatic nitrogens is 3. The van der Waals surface area contributed by atoms with Crippen molar-refractivity contribution in [2.24, 2.45) is 5.92 Å². The highest BCUT2D eigenvalue weighted by molar-refractivity contribution is 7.11. The molecule has 1 saturated heterocycles. The third kappa shape index (κ3) is 4.38. The third-order valence-electron chi connectivity index (χ3n) is 5.15. The molecular weight excluding hydrogens is 349 g/mol. The van der Waals surface area contributed by atoms with Gasteiger partial charge in [-0.2, -0.15) is 0 Å². The van der Waals surface area contributed by atoms with Crippen LogP contribution in [0.2, 0.25) is 0 Å². The average Bonchev–Trinajstić information content (AvgIpc) is 2.94. The van der Waals surface area contributed by atoms with Crippen molar-refractivity contribution in [3.63, 3.8) is 0 Å². The fourth-order valence-electron chi connectivity index (χ4n) is 3.63. The van der Waals surface area contributed by atoms with Gasteiger partial charge in [0.05, 0.1) is 16.4 Å². The van der Waals surface area contributed by atoms with Gasteiger partial charge in [0.25, 0.3) is 0 Å². The highest BCUT2D eigenvalue weighted by Crippen LogP contribution is 2.25. The smallest absolute Gasteiger partial charge is 0.187 e. The van der Waals surface area contributed by atoms with Crippen molar-refractivity contribution >= 4 is 17.2 Å². The Kier molecular flexibility index (Phi) is 6.19. The minimum atomic E-state index is -0.272. The van der Waals surface area contributed by atoms with E-state index in [0.717, 1.165) is 44.0 Å². The number of hydrogen-bond donors (Lipinski definition) is 0. The van der Waals surface area contributed by atoms with Gasteiger partial charge in [0.2, 0.25) is 0 Å². The Hall–Kier alpha value is -1.60. The summed E-state index contributed by atoms with van der Waals surface area (Å²) >= 11 is 1.80. The highest BCUT2D eigenvalue weighted by Gasteiger charge is 2.23. The predicted octanol–water partition coefficient (Wildman–Crippen LogP) is 3.60. The molecule has 1 fully saturated rings. The number of nitrogens with zero attached hydrogens (tertiary/aromatic N) is 5.